The highest BCUT2D eigenvalue weighted by molar-refractivity contribution is 9.10. The van der Waals surface area contributed by atoms with Gasteiger partial charge in [0.2, 0.25) is 0 Å². The van der Waals surface area contributed by atoms with Crippen molar-refractivity contribution in [3.8, 4) is 11.5 Å². The van der Waals surface area contributed by atoms with Gasteiger partial charge >= 0.3 is 0 Å². The molecule has 1 aliphatic rings. The van der Waals surface area contributed by atoms with Crippen molar-refractivity contribution in [1.82, 2.24) is 0 Å². The Hall–Kier alpha value is -1.96. The Bertz CT molecular complexity index is 930. The number of hydrogen-bond acceptors (Lipinski definition) is 5. The zero-order valence-corrected chi connectivity index (χ0v) is 17.7. The molecule has 140 valence electrons. The van der Waals surface area contributed by atoms with Gasteiger partial charge in [-0.25, -0.2) is 4.90 Å². The minimum Gasteiger partial charge on any atom is -0.493 e. The van der Waals surface area contributed by atoms with Gasteiger partial charge in [0.1, 0.15) is 0 Å². The summed E-state index contributed by atoms with van der Waals surface area (Å²) in [5, 5.41) is 0.176. The molecule has 8 heteroatoms. The number of benzene rings is 2. The van der Waals surface area contributed by atoms with Crippen molar-refractivity contribution in [2.45, 2.75) is 6.92 Å². The van der Waals surface area contributed by atoms with Gasteiger partial charge < -0.3 is 9.47 Å². The van der Waals surface area contributed by atoms with Crippen LogP contribution in [-0.2, 0) is 4.79 Å². The molecule has 27 heavy (non-hydrogen) atoms. The van der Waals surface area contributed by atoms with E-state index >= 15 is 0 Å². The van der Waals surface area contributed by atoms with Crippen LogP contribution >= 0.6 is 39.3 Å². The molecule has 1 fully saturated rings. The molecular weight excluding hydrogens is 454 g/mol. The number of carbonyl (C=O) groups excluding carboxylic acids is 2. The molecule has 2 aromatic rings. The second kappa shape index (κ2) is 8.37. The van der Waals surface area contributed by atoms with Crippen LogP contribution in [0.4, 0.5) is 10.5 Å². The van der Waals surface area contributed by atoms with Crippen LogP contribution in [0.15, 0.2) is 45.8 Å². The van der Waals surface area contributed by atoms with E-state index in [0.29, 0.717) is 39.3 Å². The van der Waals surface area contributed by atoms with Crippen molar-refractivity contribution in [1.29, 1.82) is 0 Å². The summed E-state index contributed by atoms with van der Waals surface area (Å²) in [5.41, 5.74) is 1.19. The molecule has 2 amide bonds. The van der Waals surface area contributed by atoms with Gasteiger partial charge in [-0.3, -0.25) is 9.59 Å². The van der Waals surface area contributed by atoms with E-state index in [1.54, 1.807) is 49.6 Å². The van der Waals surface area contributed by atoms with Crippen molar-refractivity contribution in [2.24, 2.45) is 0 Å². The highest BCUT2D eigenvalue weighted by Crippen LogP contribution is 2.39. The number of hydrogen-bond donors (Lipinski definition) is 0. The number of nitrogens with zero attached hydrogens (tertiary/aromatic N) is 1. The molecule has 5 nitrogen and oxygen atoms in total. The van der Waals surface area contributed by atoms with Crippen LogP contribution in [0.5, 0.6) is 11.5 Å². The van der Waals surface area contributed by atoms with Crippen LogP contribution < -0.4 is 14.4 Å². The maximum Gasteiger partial charge on any atom is 0.298 e. The molecule has 3 rings (SSSR count). The lowest BCUT2D eigenvalue weighted by atomic mass is 10.1. The number of anilines is 1. The molecule has 0 bridgehead atoms. The normalized spacial score (nSPS) is 15.6. The highest BCUT2D eigenvalue weighted by atomic mass is 79.9. The SMILES string of the molecule is CCOc1cc(C=C2SC(=O)N(c3ccc(Cl)cc3)C2=O)c(Br)cc1OC. The number of thioether (sulfide) groups is 1. The summed E-state index contributed by atoms with van der Waals surface area (Å²) in [6.07, 6.45) is 1.66. The van der Waals surface area contributed by atoms with Crippen LogP contribution in [-0.4, -0.2) is 24.9 Å². The molecule has 1 heterocycles. The fraction of sp³-hybridized carbons (Fsp3) is 0.158. The van der Waals surface area contributed by atoms with Crippen molar-refractivity contribution in [3.05, 3.63) is 56.4 Å². The molecular formula is C19H15BrClNO4S. The van der Waals surface area contributed by atoms with Crippen LogP contribution in [0, 0.1) is 0 Å². The molecule has 0 spiro atoms. The molecule has 0 radical (unpaired) electrons. The van der Waals surface area contributed by atoms with Gasteiger partial charge in [-0.1, -0.05) is 27.5 Å². The summed E-state index contributed by atoms with van der Waals surface area (Å²) in [5.74, 6) is 0.759. The smallest absolute Gasteiger partial charge is 0.298 e. The van der Waals surface area contributed by atoms with Gasteiger partial charge in [-0.05, 0) is 66.7 Å². The van der Waals surface area contributed by atoms with E-state index in [0.717, 1.165) is 21.1 Å². The summed E-state index contributed by atoms with van der Waals surface area (Å²) in [7, 11) is 1.56. The van der Waals surface area contributed by atoms with Gasteiger partial charge in [-0.15, -0.1) is 0 Å². The lowest BCUT2D eigenvalue weighted by Crippen LogP contribution is -2.27. The standard InChI is InChI=1S/C19H15BrClNO4S/c1-3-26-16-8-11(14(20)10-15(16)25-2)9-17-18(23)22(19(24)27-17)13-6-4-12(21)5-7-13/h4-10H,3H2,1-2H3. The van der Waals surface area contributed by atoms with E-state index in [-0.39, 0.29) is 11.1 Å². The monoisotopic (exact) mass is 467 g/mol. The highest BCUT2D eigenvalue weighted by Gasteiger charge is 2.36. The number of imide groups is 1. The maximum absolute atomic E-state index is 12.8. The Kier molecular flexibility index (Phi) is 6.14. The Morgan fingerprint density at radius 3 is 2.52 bits per heavy atom. The van der Waals surface area contributed by atoms with Crippen molar-refractivity contribution in [3.63, 3.8) is 0 Å². The largest absolute Gasteiger partial charge is 0.493 e. The van der Waals surface area contributed by atoms with E-state index in [1.807, 2.05) is 6.92 Å². The third-order valence-electron chi connectivity index (χ3n) is 3.75. The molecule has 0 unspecified atom stereocenters. The molecule has 0 N–H and O–H groups in total. The molecule has 0 aromatic heterocycles. The Morgan fingerprint density at radius 1 is 1.19 bits per heavy atom. The lowest BCUT2D eigenvalue weighted by Gasteiger charge is -2.13. The molecule has 2 aromatic carbocycles. The predicted octanol–water partition coefficient (Wildman–Crippen LogP) is 5.75. The van der Waals surface area contributed by atoms with Gasteiger partial charge in [0, 0.05) is 9.50 Å². The minimum atomic E-state index is -0.381. The number of ether oxygens (including phenoxy) is 2. The zero-order valence-electron chi connectivity index (χ0n) is 14.5. The molecule has 0 saturated carbocycles. The summed E-state index contributed by atoms with van der Waals surface area (Å²) >= 11 is 10.2. The molecule has 0 atom stereocenters. The van der Waals surface area contributed by atoms with E-state index in [4.69, 9.17) is 21.1 Å². The Labute approximate surface area is 174 Å². The summed E-state index contributed by atoms with van der Waals surface area (Å²) in [4.78, 5) is 26.6. The fourth-order valence-corrected chi connectivity index (χ4v) is 3.91. The third kappa shape index (κ3) is 4.15. The Morgan fingerprint density at radius 2 is 1.89 bits per heavy atom. The van der Waals surface area contributed by atoms with Crippen LogP contribution in [0.3, 0.4) is 0 Å². The average molecular weight is 469 g/mol. The second-order valence-corrected chi connectivity index (χ2v) is 7.74. The van der Waals surface area contributed by atoms with Crippen molar-refractivity contribution in [2.75, 3.05) is 18.6 Å². The summed E-state index contributed by atoms with van der Waals surface area (Å²) < 4.78 is 11.6. The number of methoxy groups -OCH3 is 1. The number of amides is 2. The first-order chi connectivity index (χ1) is 12.9. The van der Waals surface area contributed by atoms with Crippen molar-refractivity contribution < 1.29 is 19.1 Å². The van der Waals surface area contributed by atoms with Crippen molar-refractivity contribution >= 4 is 62.2 Å². The summed E-state index contributed by atoms with van der Waals surface area (Å²) in [6, 6.07) is 10.1. The van der Waals surface area contributed by atoms with E-state index in [1.165, 1.54) is 0 Å². The first-order valence-corrected chi connectivity index (χ1v) is 9.97. The zero-order chi connectivity index (χ0) is 19.6. The van der Waals surface area contributed by atoms with Gasteiger partial charge in [0.25, 0.3) is 11.1 Å². The number of halogens is 2. The quantitative estimate of drug-likeness (QED) is 0.523. The number of rotatable bonds is 5. The fourth-order valence-electron chi connectivity index (χ4n) is 2.51. The number of carbonyl (C=O) groups is 2. The maximum atomic E-state index is 12.8. The first-order valence-electron chi connectivity index (χ1n) is 7.98. The van der Waals surface area contributed by atoms with E-state index < -0.39 is 0 Å². The Balaban J connectivity index is 1.96. The molecule has 0 aliphatic carbocycles. The van der Waals surface area contributed by atoms with Gasteiger partial charge in [0.15, 0.2) is 11.5 Å². The predicted molar refractivity (Wildman–Crippen MR) is 112 cm³/mol. The molecule has 1 aliphatic heterocycles. The lowest BCUT2D eigenvalue weighted by molar-refractivity contribution is -0.113. The van der Waals surface area contributed by atoms with Crippen LogP contribution in [0.25, 0.3) is 6.08 Å². The second-order valence-electron chi connectivity index (χ2n) is 5.45. The molecule has 1 saturated heterocycles. The topological polar surface area (TPSA) is 55.8 Å². The first kappa shape index (κ1) is 19.8. The van der Waals surface area contributed by atoms with E-state index in [9.17, 15) is 9.59 Å². The van der Waals surface area contributed by atoms with Crippen LogP contribution in [0.1, 0.15) is 12.5 Å². The van der Waals surface area contributed by atoms with E-state index in [2.05, 4.69) is 15.9 Å². The average Bonchev–Trinajstić information content (AvgIpc) is 2.92. The third-order valence-corrected chi connectivity index (χ3v) is 5.56. The van der Waals surface area contributed by atoms with Gasteiger partial charge in [-0.2, -0.15) is 0 Å². The minimum absolute atomic E-state index is 0.322. The summed E-state index contributed by atoms with van der Waals surface area (Å²) in [6.45, 7) is 2.35. The van der Waals surface area contributed by atoms with Crippen LogP contribution in [0.2, 0.25) is 5.02 Å². The van der Waals surface area contributed by atoms with Gasteiger partial charge in [0.05, 0.1) is 24.3 Å².